The lowest BCUT2D eigenvalue weighted by molar-refractivity contribution is 0.399. The number of hydrogen-bond donors (Lipinski definition) is 1. The van der Waals surface area contributed by atoms with E-state index < -0.39 is 0 Å². The van der Waals surface area contributed by atoms with Gasteiger partial charge >= 0.3 is 0 Å². The fourth-order valence-corrected chi connectivity index (χ4v) is 3.54. The highest BCUT2D eigenvalue weighted by Gasteiger charge is 2.38. The molecule has 0 amide bonds. The SMILES string of the molecule is Cc1cc(F)ccc1NC(C)C1CC2C=CC1C2. The van der Waals surface area contributed by atoms with E-state index in [-0.39, 0.29) is 5.82 Å². The second-order valence-electron chi connectivity index (χ2n) is 5.84. The van der Waals surface area contributed by atoms with Crippen LogP contribution in [0.4, 0.5) is 10.1 Å². The number of halogens is 1. The fraction of sp³-hybridized carbons (Fsp3) is 0.500. The van der Waals surface area contributed by atoms with Gasteiger partial charge in [-0.3, -0.25) is 0 Å². The van der Waals surface area contributed by atoms with Gasteiger partial charge in [0.1, 0.15) is 5.82 Å². The monoisotopic (exact) mass is 245 g/mol. The molecule has 0 saturated heterocycles. The predicted octanol–water partition coefficient (Wildman–Crippen LogP) is 4.15. The van der Waals surface area contributed by atoms with Gasteiger partial charge in [-0.1, -0.05) is 12.2 Å². The summed E-state index contributed by atoms with van der Waals surface area (Å²) in [7, 11) is 0. The lowest BCUT2D eigenvalue weighted by Gasteiger charge is -2.27. The zero-order chi connectivity index (χ0) is 12.7. The average Bonchev–Trinajstić information content (AvgIpc) is 2.94. The molecule has 1 N–H and O–H groups in total. The van der Waals surface area contributed by atoms with E-state index in [1.165, 1.54) is 18.9 Å². The molecule has 0 aromatic heterocycles. The van der Waals surface area contributed by atoms with Crippen molar-refractivity contribution < 1.29 is 4.39 Å². The Balaban J connectivity index is 1.71. The lowest BCUT2D eigenvalue weighted by Crippen LogP contribution is -2.29. The molecule has 96 valence electrons. The molecule has 3 rings (SSSR count). The van der Waals surface area contributed by atoms with Gasteiger partial charge in [-0.25, -0.2) is 4.39 Å². The first kappa shape index (κ1) is 11.8. The number of hydrogen-bond acceptors (Lipinski definition) is 1. The van der Waals surface area contributed by atoms with E-state index in [1.807, 2.05) is 13.0 Å². The molecule has 4 atom stereocenters. The number of anilines is 1. The van der Waals surface area contributed by atoms with Gasteiger partial charge in [0.05, 0.1) is 0 Å². The summed E-state index contributed by atoms with van der Waals surface area (Å²) in [5.74, 6) is 2.12. The maximum Gasteiger partial charge on any atom is 0.123 e. The van der Waals surface area contributed by atoms with Gasteiger partial charge in [0.25, 0.3) is 0 Å². The summed E-state index contributed by atoms with van der Waals surface area (Å²) in [6, 6.07) is 5.43. The topological polar surface area (TPSA) is 12.0 Å². The van der Waals surface area contributed by atoms with E-state index in [0.717, 1.165) is 29.0 Å². The Hall–Kier alpha value is -1.31. The van der Waals surface area contributed by atoms with Crippen molar-refractivity contribution in [3.05, 3.63) is 41.7 Å². The summed E-state index contributed by atoms with van der Waals surface area (Å²) >= 11 is 0. The van der Waals surface area contributed by atoms with Gasteiger partial charge in [0.15, 0.2) is 0 Å². The molecule has 2 bridgehead atoms. The van der Waals surface area contributed by atoms with Gasteiger partial charge in [0, 0.05) is 11.7 Å². The van der Waals surface area contributed by atoms with Crippen LogP contribution in [0.2, 0.25) is 0 Å². The standard InChI is InChI=1S/C16H20FN/c1-10-7-14(17)5-6-16(10)18-11(2)15-9-12-3-4-13(15)8-12/h3-7,11-13,15,18H,8-9H2,1-2H3. The van der Waals surface area contributed by atoms with Gasteiger partial charge in [-0.2, -0.15) is 0 Å². The summed E-state index contributed by atoms with van der Waals surface area (Å²) in [6.45, 7) is 4.21. The van der Waals surface area contributed by atoms with Crippen LogP contribution in [-0.4, -0.2) is 6.04 Å². The van der Waals surface area contributed by atoms with Gasteiger partial charge in [0.2, 0.25) is 0 Å². The van der Waals surface area contributed by atoms with Crippen molar-refractivity contribution in [3.8, 4) is 0 Å². The molecule has 18 heavy (non-hydrogen) atoms. The molecule has 1 aromatic carbocycles. The molecule has 0 radical (unpaired) electrons. The zero-order valence-electron chi connectivity index (χ0n) is 11.0. The summed E-state index contributed by atoms with van der Waals surface area (Å²) in [5.41, 5.74) is 2.05. The summed E-state index contributed by atoms with van der Waals surface area (Å²) in [5, 5.41) is 3.56. The lowest BCUT2D eigenvalue weighted by atomic mass is 9.87. The first-order valence-electron chi connectivity index (χ1n) is 6.84. The van der Waals surface area contributed by atoms with Crippen LogP contribution in [0.15, 0.2) is 30.4 Å². The molecule has 4 unspecified atom stereocenters. The van der Waals surface area contributed by atoms with Crippen molar-refractivity contribution in [1.82, 2.24) is 0 Å². The molecule has 0 aliphatic heterocycles. The fourth-order valence-electron chi connectivity index (χ4n) is 3.54. The van der Waals surface area contributed by atoms with E-state index in [0.29, 0.717) is 6.04 Å². The van der Waals surface area contributed by atoms with Crippen LogP contribution >= 0.6 is 0 Å². The number of aryl methyl sites for hydroxylation is 1. The maximum atomic E-state index is 13.1. The molecule has 1 aromatic rings. The van der Waals surface area contributed by atoms with Crippen molar-refractivity contribution in [2.45, 2.75) is 32.7 Å². The van der Waals surface area contributed by atoms with Gasteiger partial charge in [-0.15, -0.1) is 0 Å². The van der Waals surface area contributed by atoms with Gasteiger partial charge in [-0.05, 0) is 68.2 Å². The molecule has 0 spiro atoms. The maximum absolute atomic E-state index is 13.1. The number of nitrogens with one attached hydrogen (secondary N) is 1. The largest absolute Gasteiger partial charge is 0.382 e. The highest BCUT2D eigenvalue weighted by molar-refractivity contribution is 5.51. The molecule has 2 aliphatic carbocycles. The Morgan fingerprint density at radius 3 is 2.72 bits per heavy atom. The molecular weight excluding hydrogens is 225 g/mol. The molecule has 1 nitrogen and oxygen atoms in total. The van der Waals surface area contributed by atoms with E-state index in [4.69, 9.17) is 0 Å². The number of allylic oxidation sites excluding steroid dienone is 2. The first-order chi connectivity index (χ1) is 8.63. The van der Waals surface area contributed by atoms with E-state index in [2.05, 4.69) is 24.4 Å². The quantitative estimate of drug-likeness (QED) is 0.789. The molecular formula is C16H20FN. The van der Waals surface area contributed by atoms with Gasteiger partial charge < -0.3 is 5.32 Å². The van der Waals surface area contributed by atoms with Crippen LogP contribution in [0, 0.1) is 30.5 Å². The minimum absolute atomic E-state index is 0.159. The number of benzene rings is 1. The van der Waals surface area contributed by atoms with Crippen molar-refractivity contribution >= 4 is 5.69 Å². The van der Waals surface area contributed by atoms with E-state index in [9.17, 15) is 4.39 Å². The highest BCUT2D eigenvalue weighted by Crippen LogP contribution is 2.45. The third-order valence-corrected chi connectivity index (χ3v) is 4.54. The van der Waals surface area contributed by atoms with Crippen LogP contribution in [0.25, 0.3) is 0 Å². The molecule has 1 saturated carbocycles. The molecule has 2 aliphatic rings. The second kappa shape index (κ2) is 4.42. The van der Waals surface area contributed by atoms with E-state index >= 15 is 0 Å². The normalized spacial score (nSPS) is 30.7. The Kier molecular flexibility index (Phi) is 2.89. The molecule has 1 fully saturated rings. The van der Waals surface area contributed by atoms with Crippen LogP contribution < -0.4 is 5.32 Å². The molecule has 0 heterocycles. The second-order valence-corrected chi connectivity index (χ2v) is 5.84. The van der Waals surface area contributed by atoms with Crippen LogP contribution in [0.5, 0.6) is 0 Å². The summed E-state index contributed by atoms with van der Waals surface area (Å²) in [6.07, 6.45) is 7.39. The van der Waals surface area contributed by atoms with E-state index in [1.54, 1.807) is 6.07 Å². The molecule has 2 heteroatoms. The smallest absolute Gasteiger partial charge is 0.123 e. The zero-order valence-corrected chi connectivity index (χ0v) is 11.0. The number of fused-ring (bicyclic) bond motifs is 2. The minimum atomic E-state index is -0.159. The van der Waals surface area contributed by atoms with Crippen LogP contribution in [0.3, 0.4) is 0 Å². The average molecular weight is 245 g/mol. The first-order valence-corrected chi connectivity index (χ1v) is 6.84. The predicted molar refractivity (Wildman–Crippen MR) is 73.1 cm³/mol. The van der Waals surface area contributed by atoms with Crippen molar-refractivity contribution in [2.75, 3.05) is 5.32 Å². The van der Waals surface area contributed by atoms with Crippen LogP contribution in [0.1, 0.15) is 25.3 Å². The number of rotatable bonds is 3. The summed E-state index contributed by atoms with van der Waals surface area (Å²) in [4.78, 5) is 0. The summed E-state index contributed by atoms with van der Waals surface area (Å²) < 4.78 is 13.1. The third-order valence-electron chi connectivity index (χ3n) is 4.54. The Labute approximate surface area is 108 Å². The minimum Gasteiger partial charge on any atom is -0.382 e. The van der Waals surface area contributed by atoms with Crippen molar-refractivity contribution in [1.29, 1.82) is 0 Å². The Morgan fingerprint density at radius 1 is 1.28 bits per heavy atom. The third kappa shape index (κ3) is 2.05. The van der Waals surface area contributed by atoms with Crippen molar-refractivity contribution in [3.63, 3.8) is 0 Å². The Morgan fingerprint density at radius 2 is 2.11 bits per heavy atom. The Bertz CT molecular complexity index is 480. The highest BCUT2D eigenvalue weighted by atomic mass is 19.1. The van der Waals surface area contributed by atoms with Crippen LogP contribution in [-0.2, 0) is 0 Å². The van der Waals surface area contributed by atoms with Crippen molar-refractivity contribution in [2.24, 2.45) is 17.8 Å².